The number of benzene rings is 2. The highest BCUT2D eigenvalue weighted by atomic mass is 35.5. The molecule has 0 amide bonds. The van der Waals surface area contributed by atoms with Crippen LogP contribution in [0.25, 0.3) is 10.9 Å². The van der Waals surface area contributed by atoms with Gasteiger partial charge in [-0.05, 0) is 61.8 Å². The summed E-state index contributed by atoms with van der Waals surface area (Å²) in [7, 11) is -0.134. The predicted octanol–water partition coefficient (Wildman–Crippen LogP) is 4.82. The van der Waals surface area contributed by atoms with E-state index < -0.39 is 26.6 Å². The van der Waals surface area contributed by atoms with Gasteiger partial charge in [0.1, 0.15) is 10.7 Å². The Balaban J connectivity index is 1.30. The van der Waals surface area contributed by atoms with Crippen molar-refractivity contribution in [2.24, 2.45) is 11.8 Å². The molecular weight excluding hydrogens is 496 g/mol. The van der Waals surface area contributed by atoms with Crippen LogP contribution in [-0.4, -0.2) is 45.6 Å². The van der Waals surface area contributed by atoms with Crippen LogP contribution < -0.4 is 14.9 Å². The number of halogens is 3. The number of anilines is 2. The number of sulfonamides is 1. The van der Waals surface area contributed by atoms with Gasteiger partial charge in [-0.15, -0.1) is 0 Å². The van der Waals surface area contributed by atoms with Gasteiger partial charge in [0.05, 0.1) is 10.5 Å². The van der Waals surface area contributed by atoms with Crippen LogP contribution in [0.4, 0.5) is 20.5 Å². The van der Waals surface area contributed by atoms with Gasteiger partial charge >= 0.3 is 0 Å². The highest BCUT2D eigenvalue weighted by Crippen LogP contribution is 2.30. The molecule has 1 aliphatic rings. The van der Waals surface area contributed by atoms with Gasteiger partial charge in [0, 0.05) is 32.6 Å². The molecule has 0 aliphatic heterocycles. The minimum absolute atomic E-state index is 0.155. The Morgan fingerprint density at radius 2 is 1.63 bits per heavy atom. The number of nitrogens with one attached hydrogen (secondary N) is 2. The molecule has 0 unspecified atom stereocenters. The Labute approximate surface area is 209 Å². The maximum atomic E-state index is 13.5. The third-order valence-corrected chi connectivity index (χ3v) is 8.24. The molecule has 7 nitrogen and oxygen atoms in total. The first kappa shape index (κ1) is 25.5. The summed E-state index contributed by atoms with van der Waals surface area (Å²) >= 11 is 5.83. The molecule has 0 radical (unpaired) electrons. The second-order valence-corrected chi connectivity index (χ2v) is 11.2. The lowest BCUT2D eigenvalue weighted by Crippen LogP contribution is -2.32. The molecule has 4 rings (SSSR count). The number of aromatic nitrogens is 2. The lowest BCUT2D eigenvalue weighted by molar-refractivity contribution is 0.284. The van der Waals surface area contributed by atoms with Crippen molar-refractivity contribution in [1.82, 2.24) is 14.7 Å². The van der Waals surface area contributed by atoms with Crippen LogP contribution in [0, 0.1) is 23.5 Å². The lowest BCUT2D eigenvalue weighted by Gasteiger charge is -2.29. The van der Waals surface area contributed by atoms with Gasteiger partial charge in [0.15, 0.2) is 11.6 Å². The molecule has 0 atom stereocenters. The van der Waals surface area contributed by atoms with E-state index >= 15 is 0 Å². The van der Waals surface area contributed by atoms with Crippen molar-refractivity contribution in [2.45, 2.75) is 30.6 Å². The van der Waals surface area contributed by atoms with Crippen molar-refractivity contribution in [1.29, 1.82) is 0 Å². The Kier molecular flexibility index (Phi) is 7.73. The summed E-state index contributed by atoms with van der Waals surface area (Å²) in [4.78, 5) is 10.8. The summed E-state index contributed by atoms with van der Waals surface area (Å²) in [6.07, 6.45) is 3.56. The summed E-state index contributed by atoms with van der Waals surface area (Å²) in [6.45, 7) is 0.950. The third kappa shape index (κ3) is 5.99. The highest BCUT2D eigenvalue weighted by molar-refractivity contribution is 7.89. The largest absolute Gasteiger partial charge is 0.362 e. The van der Waals surface area contributed by atoms with Gasteiger partial charge in [0.2, 0.25) is 16.0 Å². The molecule has 2 N–H and O–H groups in total. The fourth-order valence-corrected chi connectivity index (χ4v) is 6.01. The highest BCUT2D eigenvalue weighted by Gasteiger charge is 2.25. The first-order chi connectivity index (χ1) is 16.6. The summed E-state index contributed by atoms with van der Waals surface area (Å²) in [5.41, 5.74) is 0.880. The Morgan fingerprint density at radius 1 is 1.00 bits per heavy atom. The number of para-hydroxylation sites is 1. The van der Waals surface area contributed by atoms with Crippen LogP contribution >= 0.6 is 11.6 Å². The minimum atomic E-state index is -4.04. The standard InChI is InChI=1S/C24H28ClF2N5O2S/c1-32(2)23-17-5-3-4-6-21(17)30-24(31-23)28-13-15-7-9-16(10-8-15)14-29-35(33,34)22-12-20(27)19(26)11-18(22)25/h3-6,11-12,15-16,29H,7-10,13-14H2,1-2H3,(H,28,30,31)/t15-,16-. The van der Waals surface area contributed by atoms with Crippen molar-refractivity contribution in [3.63, 3.8) is 0 Å². The molecule has 3 aromatic rings. The van der Waals surface area contributed by atoms with Crippen LogP contribution in [0.2, 0.25) is 5.02 Å². The van der Waals surface area contributed by atoms with Crippen LogP contribution in [0.3, 0.4) is 0 Å². The van der Waals surface area contributed by atoms with Gasteiger partial charge in [-0.2, -0.15) is 4.98 Å². The topological polar surface area (TPSA) is 87.2 Å². The average Bonchev–Trinajstić information content (AvgIpc) is 2.83. The fraction of sp³-hybridized carbons (Fsp3) is 0.417. The van der Waals surface area contributed by atoms with E-state index in [4.69, 9.17) is 11.6 Å². The summed E-state index contributed by atoms with van der Waals surface area (Å²) < 4.78 is 54.4. The van der Waals surface area contributed by atoms with Gasteiger partial charge in [-0.3, -0.25) is 0 Å². The quantitative estimate of drug-likeness (QED) is 0.411. The molecule has 35 heavy (non-hydrogen) atoms. The molecule has 0 spiro atoms. The summed E-state index contributed by atoms with van der Waals surface area (Å²) in [6, 6.07) is 9.18. The third-order valence-electron chi connectivity index (χ3n) is 6.35. The molecule has 1 aliphatic carbocycles. The molecule has 11 heteroatoms. The van der Waals surface area contributed by atoms with Crippen LogP contribution in [0.15, 0.2) is 41.3 Å². The van der Waals surface area contributed by atoms with E-state index in [9.17, 15) is 17.2 Å². The molecular formula is C24H28ClF2N5O2S. The maximum Gasteiger partial charge on any atom is 0.242 e. The van der Waals surface area contributed by atoms with Gasteiger partial charge in [0.25, 0.3) is 0 Å². The van der Waals surface area contributed by atoms with E-state index in [1.54, 1.807) is 0 Å². The van der Waals surface area contributed by atoms with Crippen molar-refractivity contribution >= 4 is 44.3 Å². The fourth-order valence-electron chi connectivity index (χ4n) is 4.37. The Hall–Kier alpha value is -2.56. The molecule has 1 fully saturated rings. The Bertz CT molecular complexity index is 1310. The van der Waals surface area contributed by atoms with Crippen molar-refractivity contribution in [2.75, 3.05) is 37.4 Å². The van der Waals surface area contributed by atoms with Crippen molar-refractivity contribution in [3.05, 3.63) is 53.1 Å². The Morgan fingerprint density at radius 3 is 2.31 bits per heavy atom. The molecule has 0 bridgehead atoms. The number of nitrogens with zero attached hydrogens (tertiary/aromatic N) is 3. The summed E-state index contributed by atoms with van der Waals surface area (Å²) in [5, 5.41) is 4.02. The van der Waals surface area contributed by atoms with Crippen molar-refractivity contribution in [3.8, 4) is 0 Å². The number of hydrogen-bond acceptors (Lipinski definition) is 6. The average molecular weight is 524 g/mol. The van der Waals surface area contributed by atoms with E-state index in [1.807, 2.05) is 43.3 Å². The van der Waals surface area contributed by atoms with E-state index in [2.05, 4.69) is 20.0 Å². The first-order valence-corrected chi connectivity index (χ1v) is 13.3. The second kappa shape index (κ2) is 10.6. The SMILES string of the molecule is CN(C)c1nc(NC[C@H]2CC[C@H](CNS(=O)(=O)c3cc(F)c(F)cc3Cl)CC2)nc2ccccc12. The first-order valence-electron chi connectivity index (χ1n) is 11.5. The predicted molar refractivity (Wildman–Crippen MR) is 134 cm³/mol. The van der Waals surface area contributed by atoms with Crippen LogP contribution in [0.1, 0.15) is 25.7 Å². The van der Waals surface area contributed by atoms with Crippen molar-refractivity contribution < 1.29 is 17.2 Å². The molecule has 0 saturated heterocycles. The monoisotopic (exact) mass is 523 g/mol. The second-order valence-electron chi connectivity index (χ2n) is 9.10. The lowest BCUT2D eigenvalue weighted by atomic mass is 9.82. The summed E-state index contributed by atoms with van der Waals surface area (Å²) in [5.74, 6) is -0.423. The molecule has 1 aromatic heterocycles. The van der Waals surface area contributed by atoms with E-state index in [-0.39, 0.29) is 17.5 Å². The normalized spacial score (nSPS) is 18.5. The maximum absolute atomic E-state index is 13.5. The zero-order chi connectivity index (χ0) is 25.2. The number of fused-ring (bicyclic) bond motifs is 1. The van der Waals surface area contributed by atoms with Gasteiger partial charge in [-0.25, -0.2) is 26.9 Å². The van der Waals surface area contributed by atoms with E-state index in [1.165, 1.54) is 0 Å². The van der Waals surface area contributed by atoms with Crippen LogP contribution in [0.5, 0.6) is 0 Å². The number of hydrogen-bond donors (Lipinski definition) is 2. The van der Waals surface area contributed by atoms with Crippen LogP contribution in [-0.2, 0) is 10.0 Å². The molecule has 188 valence electrons. The zero-order valence-corrected chi connectivity index (χ0v) is 21.1. The van der Waals surface area contributed by atoms with E-state index in [0.717, 1.165) is 48.9 Å². The molecule has 1 heterocycles. The van der Waals surface area contributed by atoms with E-state index in [0.29, 0.717) is 24.0 Å². The molecule has 1 saturated carbocycles. The minimum Gasteiger partial charge on any atom is -0.362 e. The van der Waals surface area contributed by atoms with Gasteiger partial charge < -0.3 is 10.2 Å². The zero-order valence-electron chi connectivity index (χ0n) is 19.6. The van der Waals surface area contributed by atoms with Gasteiger partial charge in [-0.1, -0.05) is 23.7 Å². The molecule has 2 aromatic carbocycles. The number of rotatable bonds is 8. The smallest absolute Gasteiger partial charge is 0.242 e.